The first-order valence-corrected chi connectivity index (χ1v) is 5.35. The van der Waals surface area contributed by atoms with E-state index in [1.54, 1.807) is 6.92 Å². The highest BCUT2D eigenvalue weighted by Gasteiger charge is 2.13. The number of hydrogen-bond acceptors (Lipinski definition) is 4. The highest BCUT2D eigenvalue weighted by atomic mass is 32.2. The SMILES string of the molecule is CC(N)=NC[C@H](C)SC[C@H](N)C(=O)O. The highest BCUT2D eigenvalue weighted by molar-refractivity contribution is 8.00. The Hall–Kier alpha value is -0.750. The average Bonchev–Trinajstić information content (AvgIpc) is 2.10. The number of carboxylic acids is 1. The molecule has 0 amide bonds. The molecular formula is C8H17N3O2S. The molecule has 6 heteroatoms. The number of nitrogens with zero attached hydrogens (tertiary/aromatic N) is 1. The van der Waals surface area contributed by atoms with Crippen molar-refractivity contribution in [3.63, 3.8) is 0 Å². The van der Waals surface area contributed by atoms with Gasteiger partial charge in [-0.2, -0.15) is 11.8 Å². The van der Waals surface area contributed by atoms with E-state index in [4.69, 9.17) is 16.6 Å². The summed E-state index contributed by atoms with van der Waals surface area (Å²) in [5.41, 5.74) is 10.7. The van der Waals surface area contributed by atoms with Crippen LogP contribution in [0, 0.1) is 0 Å². The Bertz CT molecular complexity index is 217. The van der Waals surface area contributed by atoms with Gasteiger partial charge in [0.05, 0.1) is 12.4 Å². The summed E-state index contributed by atoms with van der Waals surface area (Å²) in [6.07, 6.45) is 0. The van der Waals surface area contributed by atoms with Crippen molar-refractivity contribution in [2.75, 3.05) is 12.3 Å². The van der Waals surface area contributed by atoms with Crippen LogP contribution in [0.1, 0.15) is 13.8 Å². The fourth-order valence-electron chi connectivity index (χ4n) is 0.664. The Morgan fingerprint density at radius 2 is 2.21 bits per heavy atom. The molecule has 0 saturated carbocycles. The molecule has 14 heavy (non-hydrogen) atoms. The fraction of sp³-hybridized carbons (Fsp3) is 0.750. The number of rotatable bonds is 6. The van der Waals surface area contributed by atoms with Gasteiger partial charge in [-0.05, 0) is 6.92 Å². The maximum Gasteiger partial charge on any atom is 0.321 e. The van der Waals surface area contributed by atoms with E-state index in [1.807, 2.05) is 6.92 Å². The maximum absolute atomic E-state index is 10.4. The molecule has 0 bridgehead atoms. The summed E-state index contributed by atoms with van der Waals surface area (Å²) in [6, 6.07) is -0.801. The first-order valence-electron chi connectivity index (χ1n) is 4.30. The Morgan fingerprint density at radius 3 is 2.64 bits per heavy atom. The zero-order valence-corrected chi connectivity index (χ0v) is 9.25. The first-order chi connectivity index (χ1) is 6.43. The molecule has 0 aromatic rings. The second-order valence-electron chi connectivity index (χ2n) is 3.07. The average molecular weight is 219 g/mol. The van der Waals surface area contributed by atoms with Crippen LogP contribution in [0.3, 0.4) is 0 Å². The molecule has 5 nitrogen and oxygen atoms in total. The Balaban J connectivity index is 3.69. The number of carboxylic acid groups (broad SMARTS) is 1. The number of thioether (sulfide) groups is 1. The Kier molecular flexibility index (Phi) is 6.31. The Morgan fingerprint density at radius 1 is 1.64 bits per heavy atom. The van der Waals surface area contributed by atoms with Gasteiger partial charge in [-0.3, -0.25) is 9.79 Å². The summed E-state index contributed by atoms with van der Waals surface area (Å²) < 4.78 is 0. The predicted molar refractivity (Wildman–Crippen MR) is 59.7 cm³/mol. The Labute approximate surface area is 87.9 Å². The topological polar surface area (TPSA) is 102 Å². The molecule has 0 radical (unpaired) electrons. The summed E-state index contributed by atoms with van der Waals surface area (Å²) in [6.45, 7) is 4.28. The lowest BCUT2D eigenvalue weighted by atomic mass is 10.4. The van der Waals surface area contributed by atoms with Gasteiger partial charge in [0.2, 0.25) is 0 Å². The van der Waals surface area contributed by atoms with Gasteiger partial charge < -0.3 is 16.6 Å². The standard InChI is InChI=1S/C8H17N3O2S/c1-5(3-11-6(2)9)14-4-7(10)8(12)13/h5,7H,3-4,10H2,1-2H3,(H2,9,11)(H,12,13)/t5-,7-/m0/s1. The molecule has 0 spiro atoms. The fourth-order valence-corrected chi connectivity index (χ4v) is 1.52. The van der Waals surface area contributed by atoms with E-state index < -0.39 is 12.0 Å². The molecule has 0 saturated heterocycles. The van der Waals surface area contributed by atoms with Crippen LogP contribution in [-0.2, 0) is 4.79 Å². The van der Waals surface area contributed by atoms with Crippen LogP contribution in [0.5, 0.6) is 0 Å². The molecule has 0 heterocycles. The van der Waals surface area contributed by atoms with Crippen molar-refractivity contribution in [1.82, 2.24) is 0 Å². The van der Waals surface area contributed by atoms with E-state index in [2.05, 4.69) is 4.99 Å². The first kappa shape index (κ1) is 13.2. The summed E-state index contributed by atoms with van der Waals surface area (Å²) in [7, 11) is 0. The van der Waals surface area contributed by atoms with E-state index in [9.17, 15) is 4.79 Å². The third-order valence-corrected chi connectivity index (χ3v) is 2.74. The lowest BCUT2D eigenvalue weighted by molar-refractivity contribution is -0.137. The van der Waals surface area contributed by atoms with Gasteiger partial charge in [0.15, 0.2) is 0 Å². The molecule has 0 aliphatic carbocycles. The maximum atomic E-state index is 10.4. The largest absolute Gasteiger partial charge is 0.480 e. The van der Waals surface area contributed by atoms with Crippen LogP contribution in [0.4, 0.5) is 0 Å². The quantitative estimate of drug-likeness (QED) is 0.427. The van der Waals surface area contributed by atoms with Crippen LogP contribution in [-0.4, -0.2) is 40.5 Å². The summed E-state index contributed by atoms with van der Waals surface area (Å²) in [5.74, 6) is -0.0292. The zero-order chi connectivity index (χ0) is 11.1. The molecule has 0 rings (SSSR count). The van der Waals surface area contributed by atoms with E-state index in [-0.39, 0.29) is 5.25 Å². The number of aliphatic imine (C=N–C) groups is 1. The number of hydrogen-bond donors (Lipinski definition) is 3. The van der Waals surface area contributed by atoms with Crippen LogP contribution < -0.4 is 11.5 Å². The lowest BCUT2D eigenvalue weighted by Gasteiger charge is -2.10. The molecule has 0 fully saturated rings. The molecule has 2 atom stereocenters. The lowest BCUT2D eigenvalue weighted by Crippen LogP contribution is -2.33. The van der Waals surface area contributed by atoms with E-state index >= 15 is 0 Å². The molecular weight excluding hydrogens is 202 g/mol. The number of aliphatic carboxylic acids is 1. The minimum Gasteiger partial charge on any atom is -0.480 e. The van der Waals surface area contributed by atoms with Gasteiger partial charge in [-0.25, -0.2) is 0 Å². The second-order valence-corrected chi connectivity index (χ2v) is 4.54. The molecule has 5 N–H and O–H groups in total. The highest BCUT2D eigenvalue weighted by Crippen LogP contribution is 2.11. The van der Waals surface area contributed by atoms with Gasteiger partial charge in [0.1, 0.15) is 6.04 Å². The van der Waals surface area contributed by atoms with Crippen molar-refractivity contribution < 1.29 is 9.90 Å². The molecule has 0 aliphatic rings. The normalized spacial score (nSPS) is 16.4. The van der Waals surface area contributed by atoms with Gasteiger partial charge in [-0.15, -0.1) is 0 Å². The van der Waals surface area contributed by atoms with Crippen molar-refractivity contribution in [2.24, 2.45) is 16.5 Å². The smallest absolute Gasteiger partial charge is 0.321 e. The molecule has 82 valence electrons. The van der Waals surface area contributed by atoms with Gasteiger partial charge in [0.25, 0.3) is 0 Å². The number of nitrogens with two attached hydrogens (primary N) is 2. The monoisotopic (exact) mass is 219 g/mol. The van der Waals surface area contributed by atoms with E-state index in [0.29, 0.717) is 18.1 Å². The van der Waals surface area contributed by atoms with Gasteiger partial charge in [-0.1, -0.05) is 6.92 Å². The summed E-state index contributed by atoms with van der Waals surface area (Å²) >= 11 is 1.49. The third-order valence-electron chi connectivity index (χ3n) is 1.48. The van der Waals surface area contributed by atoms with Crippen LogP contribution in [0.15, 0.2) is 4.99 Å². The van der Waals surface area contributed by atoms with Crippen molar-refractivity contribution in [3.05, 3.63) is 0 Å². The van der Waals surface area contributed by atoms with E-state index in [1.165, 1.54) is 11.8 Å². The molecule has 0 unspecified atom stereocenters. The van der Waals surface area contributed by atoms with Crippen molar-refractivity contribution in [1.29, 1.82) is 0 Å². The summed E-state index contributed by atoms with van der Waals surface area (Å²) in [5, 5.41) is 8.76. The third kappa shape index (κ3) is 6.73. The number of amidine groups is 1. The van der Waals surface area contributed by atoms with Crippen molar-refractivity contribution in [2.45, 2.75) is 25.1 Å². The van der Waals surface area contributed by atoms with Gasteiger partial charge in [0, 0.05) is 11.0 Å². The van der Waals surface area contributed by atoms with E-state index in [0.717, 1.165) is 0 Å². The minimum absolute atomic E-state index is 0.235. The zero-order valence-electron chi connectivity index (χ0n) is 8.43. The number of carbonyl (C=O) groups is 1. The molecule has 0 aromatic carbocycles. The van der Waals surface area contributed by atoms with Crippen LogP contribution in [0.25, 0.3) is 0 Å². The van der Waals surface area contributed by atoms with Crippen molar-refractivity contribution >= 4 is 23.6 Å². The molecule has 0 aromatic heterocycles. The second kappa shape index (κ2) is 6.67. The van der Waals surface area contributed by atoms with Crippen LogP contribution >= 0.6 is 11.8 Å². The summed E-state index contributed by atoms with van der Waals surface area (Å²) in [4.78, 5) is 14.4. The van der Waals surface area contributed by atoms with Gasteiger partial charge >= 0.3 is 5.97 Å². The minimum atomic E-state index is -0.969. The predicted octanol–water partition coefficient (Wildman–Crippen LogP) is -0.103. The van der Waals surface area contributed by atoms with Crippen molar-refractivity contribution in [3.8, 4) is 0 Å². The molecule has 0 aliphatic heterocycles. The van der Waals surface area contributed by atoms with Crippen LogP contribution in [0.2, 0.25) is 0 Å².